The molecule has 0 radical (unpaired) electrons. The number of rotatable bonds is 5. The zero-order valence-corrected chi connectivity index (χ0v) is 8.63. The number of carbonyl (C=O) groups excluding carboxylic acids is 1. The highest BCUT2D eigenvalue weighted by molar-refractivity contribution is 5.82. The number of hydrogen-bond acceptors (Lipinski definition) is 3. The number of aliphatic hydroxyl groups excluding tert-OH is 1. The third-order valence-corrected chi connectivity index (χ3v) is 2.34. The molecule has 4 N–H and O–H groups in total. The molecule has 2 atom stereocenters. The van der Waals surface area contributed by atoms with Gasteiger partial charge in [-0.3, -0.25) is 4.79 Å². The average molecular weight is 188 g/mol. The first kappa shape index (κ1) is 12.4. The first-order valence-corrected chi connectivity index (χ1v) is 4.62. The second-order valence-electron chi connectivity index (χ2n) is 3.68. The quantitative estimate of drug-likeness (QED) is 0.562. The molecule has 78 valence electrons. The van der Waals surface area contributed by atoms with Gasteiger partial charge in [0.15, 0.2) is 0 Å². The lowest BCUT2D eigenvalue weighted by Gasteiger charge is -2.25. The van der Waals surface area contributed by atoms with Gasteiger partial charge in [-0.1, -0.05) is 6.92 Å². The van der Waals surface area contributed by atoms with Crippen LogP contribution in [0.15, 0.2) is 0 Å². The van der Waals surface area contributed by atoms with E-state index < -0.39 is 11.5 Å². The Balaban J connectivity index is 4.07. The molecular weight excluding hydrogens is 168 g/mol. The van der Waals surface area contributed by atoms with Crippen molar-refractivity contribution in [1.82, 2.24) is 5.32 Å². The van der Waals surface area contributed by atoms with Gasteiger partial charge in [0, 0.05) is 13.1 Å². The van der Waals surface area contributed by atoms with Gasteiger partial charge in [-0.25, -0.2) is 0 Å². The minimum atomic E-state index is -0.511. The summed E-state index contributed by atoms with van der Waals surface area (Å²) in [5.41, 5.74) is 5.00. The Morgan fingerprint density at radius 3 is 2.54 bits per heavy atom. The summed E-state index contributed by atoms with van der Waals surface area (Å²) in [4.78, 5) is 11.5. The maximum Gasteiger partial charge on any atom is 0.227 e. The summed E-state index contributed by atoms with van der Waals surface area (Å²) in [7, 11) is 0. The summed E-state index contributed by atoms with van der Waals surface area (Å²) >= 11 is 0. The standard InChI is InChI=1S/C9H20N2O2/c1-4-9(3,6-10)8(13)11-5-7(2)12/h7,12H,4-6,10H2,1-3H3,(H,11,13). The number of amides is 1. The Bertz CT molecular complexity index is 165. The minimum Gasteiger partial charge on any atom is -0.392 e. The molecule has 0 aromatic carbocycles. The minimum absolute atomic E-state index is 0.0848. The van der Waals surface area contributed by atoms with E-state index in [9.17, 15) is 4.79 Å². The molecule has 2 unspecified atom stereocenters. The van der Waals surface area contributed by atoms with Crippen molar-refractivity contribution < 1.29 is 9.90 Å². The number of carbonyl (C=O) groups is 1. The Labute approximate surface area is 79.5 Å². The Hall–Kier alpha value is -0.610. The van der Waals surface area contributed by atoms with Crippen LogP contribution in [0.1, 0.15) is 27.2 Å². The third-order valence-electron chi connectivity index (χ3n) is 2.34. The van der Waals surface area contributed by atoms with E-state index in [1.807, 2.05) is 13.8 Å². The Morgan fingerprint density at radius 1 is 1.69 bits per heavy atom. The van der Waals surface area contributed by atoms with Crippen LogP contribution in [0.2, 0.25) is 0 Å². The molecule has 0 saturated heterocycles. The molecule has 4 heteroatoms. The normalized spacial score (nSPS) is 17.6. The lowest BCUT2D eigenvalue weighted by Crippen LogP contribution is -2.45. The van der Waals surface area contributed by atoms with Crippen molar-refractivity contribution in [2.45, 2.75) is 33.3 Å². The van der Waals surface area contributed by atoms with E-state index >= 15 is 0 Å². The summed E-state index contributed by atoms with van der Waals surface area (Å²) in [6, 6.07) is 0. The summed E-state index contributed by atoms with van der Waals surface area (Å²) in [6.07, 6.45) is 0.192. The fourth-order valence-corrected chi connectivity index (χ4v) is 0.851. The predicted molar refractivity (Wildman–Crippen MR) is 52.1 cm³/mol. The summed E-state index contributed by atoms with van der Waals surface area (Å²) in [5, 5.41) is 11.6. The molecule has 0 aliphatic rings. The van der Waals surface area contributed by atoms with Gasteiger partial charge in [0.05, 0.1) is 11.5 Å². The highest BCUT2D eigenvalue weighted by Crippen LogP contribution is 2.18. The van der Waals surface area contributed by atoms with E-state index in [2.05, 4.69) is 5.32 Å². The van der Waals surface area contributed by atoms with Gasteiger partial charge >= 0.3 is 0 Å². The Morgan fingerprint density at radius 2 is 2.23 bits per heavy atom. The summed E-state index contributed by atoms with van der Waals surface area (Å²) < 4.78 is 0. The lowest BCUT2D eigenvalue weighted by atomic mass is 9.86. The van der Waals surface area contributed by atoms with Crippen molar-refractivity contribution in [2.75, 3.05) is 13.1 Å². The highest BCUT2D eigenvalue weighted by Gasteiger charge is 2.29. The van der Waals surface area contributed by atoms with Crippen LogP contribution in [0.3, 0.4) is 0 Å². The van der Waals surface area contributed by atoms with Gasteiger partial charge in [-0.15, -0.1) is 0 Å². The Kier molecular flexibility index (Phi) is 4.95. The van der Waals surface area contributed by atoms with Crippen molar-refractivity contribution in [1.29, 1.82) is 0 Å². The van der Waals surface area contributed by atoms with E-state index in [1.54, 1.807) is 6.92 Å². The second kappa shape index (κ2) is 5.19. The van der Waals surface area contributed by atoms with Crippen LogP contribution in [-0.4, -0.2) is 30.2 Å². The van der Waals surface area contributed by atoms with Crippen LogP contribution in [-0.2, 0) is 4.79 Å². The maximum atomic E-state index is 11.5. The maximum absolute atomic E-state index is 11.5. The van der Waals surface area contributed by atoms with Crippen molar-refractivity contribution in [3.05, 3.63) is 0 Å². The zero-order valence-electron chi connectivity index (χ0n) is 8.63. The fourth-order valence-electron chi connectivity index (χ4n) is 0.851. The number of hydrogen-bond donors (Lipinski definition) is 3. The van der Waals surface area contributed by atoms with E-state index in [4.69, 9.17) is 10.8 Å². The lowest BCUT2D eigenvalue weighted by molar-refractivity contribution is -0.130. The SMILES string of the molecule is CCC(C)(CN)C(=O)NCC(C)O. The molecule has 0 spiro atoms. The molecule has 0 aliphatic carbocycles. The highest BCUT2D eigenvalue weighted by atomic mass is 16.3. The van der Waals surface area contributed by atoms with E-state index in [-0.39, 0.29) is 12.5 Å². The van der Waals surface area contributed by atoms with Crippen LogP contribution in [0.5, 0.6) is 0 Å². The average Bonchev–Trinajstić information content (AvgIpc) is 2.12. The second-order valence-corrected chi connectivity index (χ2v) is 3.68. The largest absolute Gasteiger partial charge is 0.392 e. The monoisotopic (exact) mass is 188 g/mol. The summed E-state index contributed by atoms with van der Waals surface area (Å²) in [6.45, 7) is 5.99. The van der Waals surface area contributed by atoms with Gasteiger partial charge in [0.2, 0.25) is 5.91 Å². The number of aliphatic hydroxyl groups is 1. The molecule has 4 nitrogen and oxygen atoms in total. The molecule has 0 rings (SSSR count). The topological polar surface area (TPSA) is 75.4 Å². The van der Waals surface area contributed by atoms with E-state index in [1.165, 1.54) is 0 Å². The first-order valence-electron chi connectivity index (χ1n) is 4.62. The van der Waals surface area contributed by atoms with Crippen LogP contribution in [0.25, 0.3) is 0 Å². The summed E-state index contributed by atoms with van der Waals surface area (Å²) in [5.74, 6) is -0.0848. The van der Waals surface area contributed by atoms with Crippen molar-refractivity contribution in [3.63, 3.8) is 0 Å². The number of nitrogens with one attached hydrogen (secondary N) is 1. The van der Waals surface area contributed by atoms with E-state index in [0.29, 0.717) is 13.0 Å². The molecule has 1 amide bonds. The third kappa shape index (κ3) is 3.74. The zero-order chi connectivity index (χ0) is 10.5. The van der Waals surface area contributed by atoms with Crippen LogP contribution >= 0.6 is 0 Å². The predicted octanol–water partition coefficient (Wildman–Crippen LogP) is -0.142. The first-order chi connectivity index (χ1) is 5.96. The molecule has 13 heavy (non-hydrogen) atoms. The van der Waals surface area contributed by atoms with Crippen molar-refractivity contribution in [3.8, 4) is 0 Å². The smallest absolute Gasteiger partial charge is 0.227 e. The van der Waals surface area contributed by atoms with Crippen LogP contribution in [0, 0.1) is 5.41 Å². The fraction of sp³-hybridized carbons (Fsp3) is 0.889. The molecular formula is C9H20N2O2. The van der Waals surface area contributed by atoms with Gasteiger partial charge in [0.25, 0.3) is 0 Å². The van der Waals surface area contributed by atoms with Crippen LogP contribution < -0.4 is 11.1 Å². The van der Waals surface area contributed by atoms with Gasteiger partial charge < -0.3 is 16.2 Å². The van der Waals surface area contributed by atoms with Gasteiger partial charge in [-0.05, 0) is 20.3 Å². The molecule has 0 fully saturated rings. The van der Waals surface area contributed by atoms with Crippen molar-refractivity contribution in [2.24, 2.45) is 11.1 Å². The van der Waals surface area contributed by atoms with Crippen LogP contribution in [0.4, 0.5) is 0 Å². The van der Waals surface area contributed by atoms with E-state index in [0.717, 1.165) is 0 Å². The molecule has 0 saturated carbocycles. The van der Waals surface area contributed by atoms with Crippen molar-refractivity contribution >= 4 is 5.91 Å². The molecule has 0 bridgehead atoms. The number of nitrogens with two attached hydrogens (primary N) is 1. The van der Waals surface area contributed by atoms with Gasteiger partial charge in [0.1, 0.15) is 0 Å². The van der Waals surface area contributed by atoms with Gasteiger partial charge in [-0.2, -0.15) is 0 Å². The molecule has 0 heterocycles. The molecule has 0 aliphatic heterocycles. The molecule has 0 aromatic rings. The molecule has 0 aromatic heterocycles.